The lowest BCUT2D eigenvalue weighted by Crippen LogP contribution is -2.20. The van der Waals surface area contributed by atoms with Gasteiger partial charge in [-0.2, -0.15) is 0 Å². The van der Waals surface area contributed by atoms with Crippen molar-refractivity contribution in [1.82, 2.24) is 0 Å². The van der Waals surface area contributed by atoms with Gasteiger partial charge in [0.2, 0.25) is 0 Å². The number of anilines is 2. The number of H-pyrrole nitrogens is 1. The molecule has 29 heavy (non-hydrogen) atoms. The summed E-state index contributed by atoms with van der Waals surface area (Å²) in [4.78, 5) is 17.0. The van der Waals surface area contributed by atoms with Crippen molar-refractivity contribution < 1.29 is 14.2 Å². The van der Waals surface area contributed by atoms with Crippen LogP contribution in [0.25, 0.3) is 0 Å². The maximum atomic E-state index is 12.6. The van der Waals surface area contributed by atoms with Crippen molar-refractivity contribution in [3.8, 4) is 0 Å². The molecule has 0 radical (unpaired) electrons. The van der Waals surface area contributed by atoms with Crippen LogP contribution >= 0.6 is 11.3 Å². The first-order valence-corrected chi connectivity index (χ1v) is 10.2. The van der Waals surface area contributed by atoms with Crippen LogP contribution in [0.1, 0.15) is 38.2 Å². The normalized spacial score (nSPS) is 11.8. The van der Waals surface area contributed by atoms with E-state index in [0.29, 0.717) is 5.76 Å². The summed E-state index contributed by atoms with van der Waals surface area (Å²) in [6.07, 6.45) is 3.38. The topological polar surface area (TPSA) is 68.4 Å². The van der Waals surface area contributed by atoms with Crippen LogP contribution in [-0.2, 0) is 0 Å². The third-order valence-electron chi connectivity index (χ3n) is 4.83. The molecule has 0 aliphatic heterocycles. The van der Waals surface area contributed by atoms with Crippen LogP contribution in [0.2, 0.25) is 0 Å². The average molecular weight is 405 g/mol. The molecule has 0 aliphatic carbocycles. The first-order chi connectivity index (χ1) is 14.1. The van der Waals surface area contributed by atoms with Crippen LogP contribution < -0.4 is 15.6 Å². The minimum atomic E-state index is -0.254. The smallest absolute Gasteiger partial charge is 0.291 e. The Balaban J connectivity index is 1.76. The number of carbonyl (C=O) groups is 1. The van der Waals surface area contributed by atoms with Crippen molar-refractivity contribution in [1.29, 1.82) is 0 Å². The summed E-state index contributed by atoms with van der Waals surface area (Å²) < 4.78 is 5.26. The number of aromatic nitrogens is 1. The van der Waals surface area contributed by atoms with Gasteiger partial charge >= 0.3 is 0 Å². The lowest BCUT2D eigenvalue weighted by Gasteiger charge is -2.17. The summed E-state index contributed by atoms with van der Waals surface area (Å²) in [6.45, 7) is 4.17. The van der Waals surface area contributed by atoms with Crippen molar-refractivity contribution in [2.24, 2.45) is 0 Å². The zero-order valence-corrected chi connectivity index (χ0v) is 17.0. The van der Waals surface area contributed by atoms with E-state index >= 15 is 0 Å². The Hall–Kier alpha value is -3.38. The van der Waals surface area contributed by atoms with Crippen molar-refractivity contribution >= 4 is 28.1 Å². The Kier molecular flexibility index (Phi) is 5.44. The molecule has 4 rings (SSSR count). The van der Waals surface area contributed by atoms with E-state index in [0.717, 1.165) is 32.4 Å². The Bertz CT molecular complexity index is 1090. The number of aryl methyl sites for hydroxylation is 1. The van der Waals surface area contributed by atoms with Crippen molar-refractivity contribution in [3.05, 3.63) is 100 Å². The quantitative estimate of drug-likeness (QED) is 0.463. The number of amides is 1. The zero-order valence-electron chi connectivity index (χ0n) is 16.2. The monoisotopic (exact) mass is 404 g/mol. The van der Waals surface area contributed by atoms with Crippen molar-refractivity contribution in [2.45, 2.75) is 19.9 Å². The number of hydrogen-bond acceptors (Lipinski definition) is 4. The molecule has 1 amide bonds. The minimum absolute atomic E-state index is 0.133. The maximum Gasteiger partial charge on any atom is 0.291 e. The first kappa shape index (κ1) is 19.0. The van der Waals surface area contributed by atoms with E-state index in [1.807, 2.05) is 42.6 Å². The van der Waals surface area contributed by atoms with Crippen molar-refractivity contribution in [3.63, 3.8) is 0 Å². The molecule has 0 aliphatic rings. The molecule has 5 nitrogen and oxygen atoms in total. The summed E-state index contributed by atoms with van der Waals surface area (Å²) in [5.74, 6) is 0.934. The minimum Gasteiger partial charge on any atom is -0.459 e. The van der Waals surface area contributed by atoms with Crippen LogP contribution in [0.15, 0.2) is 77.5 Å². The molecule has 0 fully saturated rings. The fourth-order valence-corrected chi connectivity index (χ4v) is 4.36. The van der Waals surface area contributed by atoms with Crippen LogP contribution in [0, 0.1) is 13.8 Å². The summed E-state index contributed by atoms with van der Waals surface area (Å²) in [5.41, 5.74) is 3.32. The summed E-state index contributed by atoms with van der Waals surface area (Å²) in [5, 5.41) is 7.46. The van der Waals surface area contributed by atoms with Gasteiger partial charge in [0.15, 0.2) is 5.76 Å². The third kappa shape index (κ3) is 4.07. The van der Waals surface area contributed by atoms with Gasteiger partial charge in [-0.05, 0) is 37.6 Å². The SMILES string of the molecule is Cc1sc(NC(=O)c2ccco2)c([C@@H](Nc2cccc[nH+]2)c2ccccc2)c1C. The molecule has 6 heteroatoms. The van der Waals surface area contributed by atoms with E-state index in [1.54, 1.807) is 23.5 Å². The Labute approximate surface area is 173 Å². The van der Waals surface area contributed by atoms with Crippen LogP contribution in [0.4, 0.5) is 10.8 Å². The molecule has 3 heterocycles. The highest BCUT2D eigenvalue weighted by atomic mass is 32.1. The predicted octanol–water partition coefficient (Wildman–Crippen LogP) is 5.23. The predicted molar refractivity (Wildman–Crippen MR) is 115 cm³/mol. The van der Waals surface area contributed by atoms with E-state index in [9.17, 15) is 4.79 Å². The van der Waals surface area contributed by atoms with Crippen LogP contribution in [0.5, 0.6) is 0 Å². The average Bonchev–Trinajstić information content (AvgIpc) is 3.37. The molecule has 1 atom stereocenters. The molecule has 146 valence electrons. The van der Waals surface area contributed by atoms with E-state index in [1.165, 1.54) is 6.26 Å². The number of rotatable bonds is 6. The van der Waals surface area contributed by atoms with Crippen LogP contribution in [-0.4, -0.2) is 5.91 Å². The summed E-state index contributed by atoms with van der Waals surface area (Å²) in [7, 11) is 0. The van der Waals surface area contributed by atoms with Gasteiger partial charge < -0.3 is 9.73 Å². The number of thiophene rings is 1. The van der Waals surface area contributed by atoms with Gasteiger partial charge in [-0.25, -0.2) is 4.98 Å². The second kappa shape index (κ2) is 8.32. The lowest BCUT2D eigenvalue weighted by atomic mass is 9.96. The van der Waals surface area contributed by atoms with E-state index in [2.05, 4.69) is 41.6 Å². The third-order valence-corrected chi connectivity index (χ3v) is 5.97. The lowest BCUT2D eigenvalue weighted by molar-refractivity contribution is -0.361. The highest BCUT2D eigenvalue weighted by Gasteiger charge is 2.28. The summed E-state index contributed by atoms with van der Waals surface area (Å²) >= 11 is 1.58. The maximum absolute atomic E-state index is 12.6. The Morgan fingerprint density at radius 3 is 2.52 bits per heavy atom. The second-order valence-corrected chi connectivity index (χ2v) is 7.95. The van der Waals surface area contributed by atoms with Crippen molar-refractivity contribution in [2.75, 3.05) is 10.6 Å². The molecular weight excluding hydrogens is 382 g/mol. The fraction of sp³-hybridized carbons (Fsp3) is 0.130. The number of furan rings is 1. The molecule has 3 N–H and O–H groups in total. The highest BCUT2D eigenvalue weighted by Crippen LogP contribution is 2.40. The number of carbonyl (C=O) groups excluding carboxylic acids is 1. The van der Waals surface area contributed by atoms with Gasteiger partial charge in [-0.3, -0.25) is 10.1 Å². The van der Waals surface area contributed by atoms with E-state index in [4.69, 9.17) is 4.42 Å². The number of pyridine rings is 1. The molecule has 0 saturated carbocycles. The van der Waals surface area contributed by atoms with Gasteiger partial charge in [0.1, 0.15) is 11.0 Å². The molecule has 0 saturated heterocycles. The number of aromatic amines is 1. The molecule has 0 bridgehead atoms. The summed E-state index contributed by atoms with van der Waals surface area (Å²) in [6, 6.07) is 19.4. The highest BCUT2D eigenvalue weighted by molar-refractivity contribution is 7.16. The van der Waals surface area contributed by atoms with Gasteiger partial charge in [0.25, 0.3) is 11.7 Å². The van der Waals surface area contributed by atoms with Crippen LogP contribution in [0.3, 0.4) is 0 Å². The molecule has 0 spiro atoms. The number of nitrogens with one attached hydrogen (secondary N) is 3. The molecule has 3 aromatic heterocycles. The first-order valence-electron chi connectivity index (χ1n) is 9.36. The number of hydrogen-bond donors (Lipinski definition) is 2. The van der Waals surface area contributed by atoms with Gasteiger partial charge in [-0.15, -0.1) is 11.3 Å². The Morgan fingerprint density at radius 2 is 1.83 bits per heavy atom. The molecule has 4 aromatic rings. The van der Waals surface area contributed by atoms with E-state index < -0.39 is 0 Å². The van der Waals surface area contributed by atoms with Gasteiger partial charge in [-0.1, -0.05) is 36.4 Å². The molecule has 1 aromatic carbocycles. The van der Waals surface area contributed by atoms with Gasteiger partial charge in [0, 0.05) is 22.1 Å². The fourth-order valence-electron chi connectivity index (χ4n) is 3.26. The standard InChI is InChI=1S/C23H21N3O2S/c1-15-16(2)29-23(26-22(27)18-11-8-14-28-18)20(15)21(17-9-4-3-5-10-17)25-19-12-6-7-13-24-19/h3-14,21H,1-2H3,(H,24,25)(H,26,27)/p+1/t21-/m0/s1. The largest absolute Gasteiger partial charge is 0.459 e. The molecule has 0 unspecified atom stereocenters. The van der Waals surface area contributed by atoms with E-state index in [-0.39, 0.29) is 11.9 Å². The Morgan fingerprint density at radius 1 is 1.03 bits per heavy atom. The molecular formula is C23H22N3O2S+. The zero-order chi connectivity index (χ0) is 20.2. The second-order valence-electron chi connectivity index (χ2n) is 6.72. The van der Waals surface area contributed by atoms with Gasteiger partial charge in [0.05, 0.1) is 12.5 Å². The number of benzene rings is 1.